The van der Waals surface area contributed by atoms with Crippen molar-refractivity contribution in [3.05, 3.63) is 82.9 Å². The molecule has 0 fully saturated rings. The number of ether oxygens (including phenoxy) is 2. The molecule has 8 rings (SSSR count). The van der Waals surface area contributed by atoms with Crippen molar-refractivity contribution >= 4 is 145 Å². The predicted molar refractivity (Wildman–Crippen MR) is 290 cm³/mol. The summed E-state index contributed by atoms with van der Waals surface area (Å²) >= 11 is 1.65. The van der Waals surface area contributed by atoms with E-state index >= 15 is 0 Å². The second kappa shape index (κ2) is 22.4. The van der Waals surface area contributed by atoms with Crippen LogP contribution in [0.25, 0.3) is 37.7 Å². The number of aromatic nitrogens is 3. The molecule has 0 atom stereocenters. The van der Waals surface area contributed by atoms with E-state index in [9.17, 15) is 75.2 Å². The van der Waals surface area contributed by atoms with Gasteiger partial charge in [-0.25, -0.2) is 9.97 Å². The zero-order valence-corrected chi connectivity index (χ0v) is 47.1. The summed E-state index contributed by atoms with van der Waals surface area (Å²) in [5, 5.41) is 46.0. The van der Waals surface area contributed by atoms with Crippen molar-refractivity contribution in [2.24, 2.45) is 30.7 Å². The van der Waals surface area contributed by atoms with Crippen LogP contribution in [0.5, 0.6) is 17.4 Å². The molecule has 3 aromatic heterocycles. The van der Waals surface area contributed by atoms with Gasteiger partial charge < -0.3 is 14.6 Å². The maximum absolute atomic E-state index is 12.8. The van der Waals surface area contributed by atoms with Gasteiger partial charge in [0.05, 0.1) is 62.9 Å². The Morgan fingerprint density at radius 1 is 0.725 bits per heavy atom. The summed E-state index contributed by atoms with van der Waals surface area (Å²) in [4.78, 5) is 5.56. The van der Waals surface area contributed by atoms with E-state index in [1.165, 1.54) is 28.7 Å². The number of nitrogens with zero attached hydrogens (tertiary/aromatic N) is 10. The van der Waals surface area contributed by atoms with Gasteiger partial charge in [-0.15, -0.1) is 37.3 Å². The number of fused-ring (bicyclic) bond motifs is 6. The first-order chi connectivity index (χ1) is 37.4. The lowest BCUT2D eigenvalue weighted by Gasteiger charge is -2.14. The Kier molecular flexibility index (Phi) is 16.5. The Hall–Kier alpha value is -7.21. The summed E-state index contributed by atoms with van der Waals surface area (Å²) in [6.07, 6.45) is -0.198. The highest BCUT2D eigenvalue weighted by molar-refractivity contribution is 7.99. The highest BCUT2D eigenvalue weighted by Gasteiger charge is 2.32. The number of rotatable bonds is 20. The van der Waals surface area contributed by atoms with Crippen molar-refractivity contribution in [1.29, 1.82) is 5.26 Å². The number of azo groups is 3. The van der Waals surface area contributed by atoms with Crippen LogP contribution in [-0.4, -0.2) is 115 Å². The van der Waals surface area contributed by atoms with Crippen LogP contribution >= 0.6 is 23.1 Å². The van der Waals surface area contributed by atoms with E-state index in [1.807, 2.05) is 0 Å². The molecule has 0 radical (unpaired) electrons. The molecule has 0 saturated heterocycles. The number of methoxy groups -OCH3 is 1. The highest BCUT2D eigenvalue weighted by Crippen LogP contribution is 2.48. The molecule has 0 amide bonds. The fourth-order valence-electron chi connectivity index (χ4n) is 8.01. The lowest BCUT2D eigenvalue weighted by atomic mass is 10.1. The summed E-state index contributed by atoms with van der Waals surface area (Å²) in [5.41, 5.74) is 2.41. The molecule has 3 heterocycles. The number of thiazole rings is 1. The molecule has 0 aliphatic heterocycles. The number of thioether (sulfide) groups is 1. The summed E-state index contributed by atoms with van der Waals surface area (Å²) in [7, 11) is -23.9. The molecular weight excluding hydrogens is 1190 g/mol. The zero-order valence-electron chi connectivity index (χ0n) is 41.4. The third-order valence-electron chi connectivity index (χ3n) is 11.6. The minimum atomic E-state index is -5.42. The smallest absolute Gasteiger partial charge is 0.298 e. The summed E-state index contributed by atoms with van der Waals surface area (Å²) < 4.78 is 183. The number of hydrogen-bond donors (Lipinski definition) is 6. The summed E-state index contributed by atoms with van der Waals surface area (Å²) in [6.45, 7) is 4.53. The Morgan fingerprint density at radius 3 is 1.99 bits per heavy atom. The van der Waals surface area contributed by atoms with Crippen LogP contribution in [0.15, 0.2) is 111 Å². The van der Waals surface area contributed by atoms with Crippen molar-refractivity contribution in [3.63, 3.8) is 0 Å². The number of benzene rings is 5. The van der Waals surface area contributed by atoms with E-state index in [0.29, 0.717) is 50.5 Å². The first-order valence-electron chi connectivity index (χ1n) is 22.5. The quantitative estimate of drug-likeness (QED) is 0.0179. The third kappa shape index (κ3) is 12.7. The SMILES string of the molecule is COc1c(S(=O)(=O)O)c2cc(S(=O)(=O)O)cc(S(=O)(=O)O)c2c2sc(N=Nc3cc(SCCCS(=O)(=O)O)c(N=Nc4cc(OCCCS(=O)(=O)O)c(N=Nc5c(C)c(C#N)c6nc7ccccc7n6c5O)cc4C)cc3C)nc12. The average molecular weight is 1230 g/mol. The van der Waals surface area contributed by atoms with Crippen molar-refractivity contribution < 1.29 is 79.4 Å². The predicted octanol–water partition coefficient (Wildman–Crippen LogP) is 9.77. The summed E-state index contributed by atoms with van der Waals surface area (Å²) in [6, 6.07) is 15.8. The Morgan fingerprint density at radius 2 is 1.35 bits per heavy atom. The van der Waals surface area contributed by atoms with E-state index in [1.54, 1.807) is 45.0 Å². The van der Waals surface area contributed by atoms with Gasteiger partial charge in [0.25, 0.3) is 50.6 Å². The van der Waals surface area contributed by atoms with Crippen molar-refractivity contribution in [3.8, 4) is 23.4 Å². The van der Waals surface area contributed by atoms with Crippen molar-refractivity contribution in [2.75, 3.05) is 31.0 Å². The topological polar surface area (TPSA) is 439 Å². The van der Waals surface area contributed by atoms with Crippen LogP contribution in [0.1, 0.15) is 35.1 Å². The van der Waals surface area contributed by atoms with Crippen LogP contribution in [0, 0.1) is 32.1 Å². The normalized spacial score (nSPS) is 13.1. The number of imidazole rings is 1. The van der Waals surface area contributed by atoms with E-state index in [-0.39, 0.29) is 91.9 Å². The number of para-hydroxylation sites is 2. The zero-order chi connectivity index (χ0) is 58.4. The fourth-order valence-corrected chi connectivity index (χ4v) is 13.4. The van der Waals surface area contributed by atoms with Gasteiger partial charge in [-0.3, -0.25) is 27.2 Å². The highest BCUT2D eigenvalue weighted by atomic mass is 32.2. The molecule has 8 aromatic rings. The lowest BCUT2D eigenvalue weighted by Crippen LogP contribution is -2.08. The van der Waals surface area contributed by atoms with Gasteiger partial charge in [0.15, 0.2) is 17.1 Å². The largest absolute Gasteiger partial charge is 0.493 e. The second-order valence-electron chi connectivity index (χ2n) is 17.1. The number of aryl methyl sites for hydroxylation is 2. The van der Waals surface area contributed by atoms with Crippen LogP contribution in [0.3, 0.4) is 0 Å². The Bertz CT molecular complexity index is 4640. The monoisotopic (exact) mass is 1230 g/mol. The van der Waals surface area contributed by atoms with Gasteiger partial charge in [-0.05, 0) is 93.0 Å². The fraction of sp³-hybridized carbons (Fsp3) is 0.222. The van der Waals surface area contributed by atoms with Gasteiger partial charge in [0, 0.05) is 27.3 Å². The first-order valence-corrected chi connectivity index (χ1v) is 31.9. The molecular formula is C45H40N10O18S7. The molecule has 0 saturated carbocycles. The Labute approximate surface area is 462 Å². The van der Waals surface area contributed by atoms with Crippen molar-refractivity contribution in [1.82, 2.24) is 14.4 Å². The Balaban J connectivity index is 1.20. The maximum Gasteiger partial charge on any atom is 0.298 e. The lowest BCUT2D eigenvalue weighted by molar-refractivity contribution is 0.317. The van der Waals surface area contributed by atoms with Gasteiger partial charge in [0.1, 0.15) is 38.4 Å². The third-order valence-corrected chi connectivity index (χ3v) is 17.9. The number of aromatic hydroxyl groups is 1. The van der Waals surface area contributed by atoms with Crippen LogP contribution in [0.2, 0.25) is 0 Å². The molecule has 6 N–H and O–H groups in total. The molecule has 80 heavy (non-hydrogen) atoms. The van der Waals surface area contributed by atoms with Crippen LogP contribution < -0.4 is 9.47 Å². The number of hydrogen-bond acceptors (Lipinski definition) is 24. The van der Waals surface area contributed by atoms with E-state index in [0.717, 1.165) is 18.9 Å². The van der Waals surface area contributed by atoms with Gasteiger partial charge in [-0.1, -0.05) is 23.5 Å². The van der Waals surface area contributed by atoms with Crippen LogP contribution in [0.4, 0.5) is 33.6 Å². The van der Waals surface area contributed by atoms with E-state index in [2.05, 4.69) is 46.7 Å². The number of pyridine rings is 1. The van der Waals surface area contributed by atoms with Crippen molar-refractivity contribution in [2.45, 2.75) is 53.2 Å². The average Bonchev–Trinajstić information content (AvgIpc) is 4.04. The van der Waals surface area contributed by atoms with E-state index < -0.39 is 98.8 Å². The van der Waals surface area contributed by atoms with Gasteiger partial charge in [0.2, 0.25) is 11.0 Å². The molecule has 28 nitrogen and oxygen atoms in total. The minimum Gasteiger partial charge on any atom is -0.493 e. The first kappa shape index (κ1) is 58.9. The number of nitriles is 1. The van der Waals surface area contributed by atoms with Gasteiger partial charge >= 0.3 is 0 Å². The molecule has 420 valence electrons. The summed E-state index contributed by atoms with van der Waals surface area (Å²) in [5.74, 6) is -2.23. The molecule has 0 aliphatic rings. The molecule has 0 aliphatic carbocycles. The molecule has 0 bridgehead atoms. The van der Waals surface area contributed by atoms with E-state index in [4.69, 9.17) is 9.47 Å². The maximum atomic E-state index is 12.8. The molecule has 0 unspecified atom stereocenters. The van der Waals surface area contributed by atoms with Crippen LogP contribution in [-0.2, 0) is 50.6 Å². The minimum absolute atomic E-state index is 0.00562. The second-order valence-corrected chi connectivity index (χ2v) is 26.6. The molecule has 0 spiro atoms. The molecule has 35 heteroatoms. The molecule has 5 aromatic carbocycles. The van der Waals surface area contributed by atoms with Gasteiger partial charge in [-0.2, -0.15) is 52.5 Å². The standard InChI is InChI=1S/C45H40N10O18S7/c1-22-15-31(51-53-38-24(3)27(21-46)43-47-28-9-5-6-10-33(28)55(43)44(38)56)34(73-11-7-13-76(57,58)59)19-29(22)49-52-32-16-23(2)30(20-35(32)74-12-8-14-77(60,61)62)50-54-45-48-39-40(72-4)42(80(69,70)71)26-17-25(78(63,64)65)18-36(79(66,67)68)37(26)41(39)75-45/h5-6,9-10,15-20,56H,7-8,11-14H2,1-4H3,(H,57,58,59)(H,60,61,62)(H,63,64,65)(H,66,67,68)(H,69,70,71).